The second-order valence-electron chi connectivity index (χ2n) is 12.8. The van der Waals surface area contributed by atoms with Crippen LogP contribution in [0.2, 0.25) is 0 Å². The second-order valence-corrected chi connectivity index (χ2v) is 12.8. The first-order valence-electron chi connectivity index (χ1n) is 17.0. The van der Waals surface area contributed by atoms with Crippen molar-refractivity contribution < 1.29 is 0 Å². The van der Waals surface area contributed by atoms with Crippen LogP contribution in [0.25, 0.3) is 94.1 Å². The number of benzene rings is 7. The van der Waals surface area contributed by atoms with E-state index in [2.05, 4.69) is 142 Å². The smallest absolute Gasteiger partial charge is 0.116 e. The summed E-state index contributed by atoms with van der Waals surface area (Å²) in [6.45, 7) is 0. The van der Waals surface area contributed by atoms with Crippen LogP contribution in [0.15, 0.2) is 176 Å². The summed E-state index contributed by atoms with van der Waals surface area (Å²) in [7, 11) is 0. The van der Waals surface area contributed by atoms with E-state index in [9.17, 15) is 0 Å². The van der Waals surface area contributed by atoms with Crippen LogP contribution in [-0.4, -0.2) is 24.5 Å². The van der Waals surface area contributed by atoms with Gasteiger partial charge in [0.2, 0.25) is 0 Å². The molecule has 0 bridgehead atoms. The summed E-state index contributed by atoms with van der Waals surface area (Å²) >= 11 is 0. The zero-order valence-corrected chi connectivity index (χ0v) is 27.5. The highest BCUT2D eigenvalue weighted by molar-refractivity contribution is 6.09. The van der Waals surface area contributed by atoms with E-state index in [1.165, 1.54) is 27.4 Å². The van der Waals surface area contributed by atoms with Crippen molar-refractivity contribution in [2.45, 2.75) is 0 Å². The van der Waals surface area contributed by atoms with Crippen molar-refractivity contribution in [1.29, 1.82) is 0 Å². The minimum Gasteiger partial charge on any atom is -0.309 e. The van der Waals surface area contributed by atoms with Gasteiger partial charge in [0.05, 0.1) is 33.5 Å². The Kier molecular flexibility index (Phi) is 6.74. The Morgan fingerprint density at radius 1 is 0.314 bits per heavy atom. The molecule has 3 aromatic heterocycles. The van der Waals surface area contributed by atoms with Gasteiger partial charge in [0.15, 0.2) is 0 Å². The highest BCUT2D eigenvalue weighted by Gasteiger charge is 2.15. The lowest BCUT2D eigenvalue weighted by Gasteiger charge is -2.13. The molecule has 10 rings (SSSR count). The fraction of sp³-hybridized carbons (Fsp3) is 0. The number of para-hydroxylation sites is 4. The molecule has 238 valence electrons. The Morgan fingerprint density at radius 2 is 0.706 bits per heavy atom. The van der Waals surface area contributed by atoms with Crippen LogP contribution in [0, 0.1) is 0 Å². The summed E-state index contributed by atoms with van der Waals surface area (Å²) in [6.07, 6.45) is 3.29. The van der Waals surface area contributed by atoms with E-state index in [0.717, 1.165) is 66.7 Å². The van der Waals surface area contributed by atoms with Crippen LogP contribution >= 0.6 is 0 Å². The van der Waals surface area contributed by atoms with Gasteiger partial charge in [-0.2, -0.15) is 0 Å². The lowest BCUT2D eigenvalue weighted by Crippen LogP contribution is -1.94. The fourth-order valence-electron chi connectivity index (χ4n) is 7.40. The Balaban J connectivity index is 1.06. The number of rotatable bonds is 5. The Hall–Kier alpha value is -6.98. The molecule has 3 heterocycles. The third kappa shape index (κ3) is 4.94. The van der Waals surface area contributed by atoms with Gasteiger partial charge in [-0.15, -0.1) is 0 Å². The van der Waals surface area contributed by atoms with Crippen LogP contribution in [0.4, 0.5) is 0 Å². The fourth-order valence-corrected chi connectivity index (χ4v) is 7.40. The third-order valence-electron chi connectivity index (χ3n) is 9.82. The SMILES string of the molecule is c1ccc2c(-c3cc(-c4ccc(-c5ccc(-n6c7ccccc7c7ccccc76)cc5)cc4)cc(-c4ncnc5ccccc45)c3)ncnc2c1. The van der Waals surface area contributed by atoms with Gasteiger partial charge in [0.25, 0.3) is 0 Å². The monoisotopic (exact) mass is 651 g/mol. The summed E-state index contributed by atoms with van der Waals surface area (Å²) < 4.78 is 2.35. The standard InChI is InChI=1S/C46H29N5/c1-5-13-41-39(11-1)45(49-28-47-41)34-25-33(26-35(27-34)46-40-12-2-6-14-42(40)48-29-50-46)32-19-17-30(18-20-32)31-21-23-36(24-22-31)51-43-15-7-3-9-37(43)38-10-4-8-16-44(38)51/h1-29H. The molecule has 0 saturated carbocycles. The average molecular weight is 652 g/mol. The molecule has 5 nitrogen and oxygen atoms in total. The topological polar surface area (TPSA) is 56.5 Å². The summed E-state index contributed by atoms with van der Waals surface area (Å²) in [5.41, 5.74) is 13.7. The second kappa shape index (κ2) is 11.9. The molecule has 0 amide bonds. The maximum Gasteiger partial charge on any atom is 0.116 e. The Bertz CT molecular complexity index is 2750. The molecule has 51 heavy (non-hydrogen) atoms. The van der Waals surface area contributed by atoms with E-state index in [-0.39, 0.29) is 0 Å². The Morgan fingerprint density at radius 3 is 1.22 bits per heavy atom. The Labute approximate surface area is 294 Å². The molecule has 7 aromatic carbocycles. The van der Waals surface area contributed by atoms with E-state index in [0.29, 0.717) is 0 Å². The molecule has 0 fully saturated rings. The largest absolute Gasteiger partial charge is 0.309 e. The van der Waals surface area contributed by atoms with Gasteiger partial charge >= 0.3 is 0 Å². The molecule has 5 heteroatoms. The first kappa shape index (κ1) is 29.0. The minimum atomic E-state index is 0.891. The van der Waals surface area contributed by atoms with Crippen molar-refractivity contribution in [3.8, 4) is 50.5 Å². The maximum absolute atomic E-state index is 4.78. The van der Waals surface area contributed by atoms with E-state index in [4.69, 9.17) is 9.97 Å². The first-order chi connectivity index (χ1) is 25.3. The minimum absolute atomic E-state index is 0.891. The number of fused-ring (bicyclic) bond motifs is 5. The van der Waals surface area contributed by atoms with E-state index in [1.807, 2.05) is 36.4 Å². The normalized spacial score (nSPS) is 11.5. The van der Waals surface area contributed by atoms with Gasteiger partial charge < -0.3 is 4.57 Å². The number of aromatic nitrogens is 5. The molecule has 0 atom stereocenters. The third-order valence-corrected chi connectivity index (χ3v) is 9.82. The molecule has 0 aliphatic heterocycles. The molecular weight excluding hydrogens is 623 g/mol. The van der Waals surface area contributed by atoms with Crippen LogP contribution in [0.1, 0.15) is 0 Å². The summed E-state index contributed by atoms with van der Waals surface area (Å²) in [5.74, 6) is 0. The van der Waals surface area contributed by atoms with Crippen LogP contribution < -0.4 is 0 Å². The van der Waals surface area contributed by atoms with Crippen LogP contribution in [-0.2, 0) is 0 Å². The number of hydrogen-bond acceptors (Lipinski definition) is 4. The predicted molar refractivity (Wildman–Crippen MR) is 209 cm³/mol. The number of hydrogen-bond donors (Lipinski definition) is 0. The molecule has 0 N–H and O–H groups in total. The average Bonchev–Trinajstić information content (AvgIpc) is 3.55. The zero-order chi connectivity index (χ0) is 33.7. The van der Waals surface area contributed by atoms with Crippen molar-refractivity contribution in [1.82, 2.24) is 24.5 Å². The summed E-state index contributed by atoms with van der Waals surface area (Å²) in [6, 6.07) is 57.8. The summed E-state index contributed by atoms with van der Waals surface area (Å²) in [5, 5.41) is 4.55. The van der Waals surface area contributed by atoms with Gasteiger partial charge in [0.1, 0.15) is 12.7 Å². The molecule has 0 saturated heterocycles. The zero-order valence-electron chi connectivity index (χ0n) is 27.5. The molecule has 0 radical (unpaired) electrons. The van der Waals surface area contributed by atoms with Gasteiger partial charge in [-0.25, -0.2) is 19.9 Å². The maximum atomic E-state index is 4.78. The molecule has 0 unspecified atom stereocenters. The molecule has 0 spiro atoms. The van der Waals surface area contributed by atoms with Crippen LogP contribution in [0.3, 0.4) is 0 Å². The van der Waals surface area contributed by atoms with Crippen molar-refractivity contribution in [3.05, 3.63) is 176 Å². The number of nitrogens with zero attached hydrogens (tertiary/aromatic N) is 5. The lowest BCUT2D eigenvalue weighted by molar-refractivity contribution is 1.18. The van der Waals surface area contributed by atoms with Crippen molar-refractivity contribution >= 4 is 43.6 Å². The quantitative estimate of drug-likeness (QED) is 0.186. The predicted octanol–water partition coefficient (Wildman–Crippen LogP) is 11.3. The molecular formula is C46H29N5. The van der Waals surface area contributed by atoms with Gasteiger partial charge in [-0.3, -0.25) is 0 Å². The lowest BCUT2D eigenvalue weighted by atomic mass is 9.93. The first-order valence-corrected chi connectivity index (χ1v) is 17.0. The molecule has 0 aliphatic carbocycles. The highest BCUT2D eigenvalue weighted by Crippen LogP contribution is 2.37. The van der Waals surface area contributed by atoms with Gasteiger partial charge in [0, 0.05) is 38.4 Å². The summed E-state index contributed by atoms with van der Waals surface area (Å²) in [4.78, 5) is 18.6. The van der Waals surface area contributed by atoms with Crippen molar-refractivity contribution in [2.24, 2.45) is 0 Å². The van der Waals surface area contributed by atoms with Crippen molar-refractivity contribution in [3.63, 3.8) is 0 Å². The van der Waals surface area contributed by atoms with Gasteiger partial charge in [-0.1, -0.05) is 109 Å². The van der Waals surface area contributed by atoms with Crippen molar-refractivity contribution in [2.75, 3.05) is 0 Å². The van der Waals surface area contributed by atoms with E-state index >= 15 is 0 Å². The van der Waals surface area contributed by atoms with E-state index in [1.54, 1.807) is 12.7 Å². The highest BCUT2D eigenvalue weighted by atomic mass is 15.0. The molecule has 10 aromatic rings. The van der Waals surface area contributed by atoms with Crippen LogP contribution in [0.5, 0.6) is 0 Å². The molecule has 0 aliphatic rings. The van der Waals surface area contributed by atoms with E-state index < -0.39 is 0 Å². The van der Waals surface area contributed by atoms with Gasteiger partial charge in [-0.05, 0) is 76.9 Å².